The third-order valence-corrected chi connectivity index (χ3v) is 11.8. The first-order chi connectivity index (χ1) is 29.1. The summed E-state index contributed by atoms with van der Waals surface area (Å²) in [6.45, 7) is 4.39. The minimum atomic E-state index is 0.855. The topological polar surface area (TPSA) is 21.3 Å². The number of furan rings is 1. The van der Waals surface area contributed by atoms with Gasteiger partial charge in [-0.15, -0.1) is 0 Å². The first-order valence-electron chi connectivity index (χ1n) is 20.3. The fourth-order valence-electron chi connectivity index (χ4n) is 9.08. The van der Waals surface area contributed by atoms with Crippen LogP contribution in [0.15, 0.2) is 211 Å². The normalized spacial score (nSPS) is 11.6. The molecule has 0 bridgehead atoms. The Morgan fingerprint density at radius 2 is 1.03 bits per heavy atom. The molecule has 0 radical (unpaired) electrons. The average Bonchev–Trinajstić information content (AvgIpc) is 3.85. The molecular formula is C56H40N2O. The molecule has 0 fully saturated rings. The van der Waals surface area contributed by atoms with Crippen LogP contribution in [0.5, 0.6) is 0 Å². The molecule has 11 rings (SSSR count). The minimum Gasteiger partial charge on any atom is -0.455 e. The van der Waals surface area contributed by atoms with E-state index < -0.39 is 0 Å². The highest BCUT2D eigenvalue weighted by atomic mass is 16.3. The third-order valence-electron chi connectivity index (χ3n) is 11.8. The molecule has 2 heterocycles. The van der Waals surface area contributed by atoms with Crippen molar-refractivity contribution in [3.05, 3.63) is 217 Å². The van der Waals surface area contributed by atoms with E-state index in [4.69, 9.17) is 4.42 Å². The van der Waals surface area contributed by atoms with E-state index in [-0.39, 0.29) is 0 Å². The summed E-state index contributed by atoms with van der Waals surface area (Å²) in [4.78, 5) is 2.46. The van der Waals surface area contributed by atoms with Gasteiger partial charge in [0, 0.05) is 38.5 Å². The molecule has 59 heavy (non-hydrogen) atoms. The van der Waals surface area contributed by atoms with Gasteiger partial charge in [0.2, 0.25) is 0 Å². The highest BCUT2D eigenvalue weighted by Gasteiger charge is 2.27. The molecule has 0 aliphatic heterocycles. The Bertz CT molecular complexity index is 3280. The maximum atomic E-state index is 7.05. The van der Waals surface area contributed by atoms with E-state index in [1.54, 1.807) is 0 Å². The van der Waals surface area contributed by atoms with Gasteiger partial charge in [-0.3, -0.25) is 0 Å². The Morgan fingerprint density at radius 3 is 1.75 bits per heavy atom. The van der Waals surface area contributed by atoms with Crippen molar-refractivity contribution in [3.63, 3.8) is 0 Å². The summed E-state index contributed by atoms with van der Waals surface area (Å²) >= 11 is 0. The average molecular weight is 757 g/mol. The first kappa shape index (κ1) is 34.6. The number of anilines is 3. The lowest BCUT2D eigenvalue weighted by Crippen LogP contribution is -2.13. The van der Waals surface area contributed by atoms with Crippen LogP contribution in [-0.2, 0) is 0 Å². The van der Waals surface area contributed by atoms with Crippen LogP contribution in [0.2, 0.25) is 0 Å². The van der Waals surface area contributed by atoms with E-state index >= 15 is 0 Å². The standard InChI is InChI=1S/C56H40N2O/c1-37-29-31-42(32-30-37)57(55-38(2)35-41(39-17-5-3-6-18-39)36-48(55)40-19-7-4-8-20-40)52-34-33-46(56-54(52)47-24-12-16-28-53(47)59-56)45-23-11-15-27-51(45)58-49-25-13-9-21-43(49)44-22-10-14-26-50(44)58/h3-36H,1-2H3. The van der Waals surface area contributed by atoms with Crippen LogP contribution in [0, 0.1) is 13.8 Å². The van der Waals surface area contributed by atoms with E-state index in [1.807, 2.05) is 0 Å². The van der Waals surface area contributed by atoms with Crippen molar-refractivity contribution in [3.8, 4) is 39.1 Å². The Balaban J connectivity index is 1.21. The number of rotatable bonds is 7. The van der Waals surface area contributed by atoms with E-state index in [0.29, 0.717) is 0 Å². The lowest BCUT2D eigenvalue weighted by atomic mass is 9.92. The zero-order valence-electron chi connectivity index (χ0n) is 32.9. The largest absolute Gasteiger partial charge is 0.455 e. The lowest BCUT2D eigenvalue weighted by molar-refractivity contribution is 0.670. The fourth-order valence-corrected chi connectivity index (χ4v) is 9.08. The second-order valence-corrected chi connectivity index (χ2v) is 15.4. The summed E-state index contributed by atoms with van der Waals surface area (Å²) in [6, 6.07) is 74.3. The van der Waals surface area contributed by atoms with E-state index in [0.717, 1.165) is 66.9 Å². The second kappa shape index (κ2) is 14.1. The molecule has 0 unspecified atom stereocenters. The highest BCUT2D eigenvalue weighted by molar-refractivity contribution is 6.18. The van der Waals surface area contributed by atoms with Gasteiger partial charge in [0.25, 0.3) is 0 Å². The van der Waals surface area contributed by atoms with Gasteiger partial charge in [-0.05, 0) is 96.8 Å². The van der Waals surface area contributed by atoms with Crippen LogP contribution in [0.3, 0.4) is 0 Å². The number of hydrogen-bond acceptors (Lipinski definition) is 2. The molecule has 0 saturated carbocycles. The van der Waals surface area contributed by atoms with Crippen molar-refractivity contribution in [1.29, 1.82) is 0 Å². The van der Waals surface area contributed by atoms with E-state index in [9.17, 15) is 0 Å². The van der Waals surface area contributed by atoms with Crippen LogP contribution in [0.25, 0.3) is 82.8 Å². The third kappa shape index (κ3) is 5.74. The van der Waals surface area contributed by atoms with Crippen molar-refractivity contribution < 1.29 is 4.42 Å². The van der Waals surface area contributed by atoms with Gasteiger partial charge in [0.1, 0.15) is 11.2 Å². The maximum absolute atomic E-state index is 7.05. The molecule has 3 heteroatoms. The van der Waals surface area contributed by atoms with Gasteiger partial charge in [-0.1, -0.05) is 151 Å². The number of hydrogen-bond donors (Lipinski definition) is 0. The molecule has 3 nitrogen and oxygen atoms in total. The zero-order valence-corrected chi connectivity index (χ0v) is 32.9. The predicted octanol–water partition coefficient (Wildman–Crippen LogP) is 15.8. The van der Waals surface area contributed by atoms with Crippen molar-refractivity contribution in [2.75, 3.05) is 4.90 Å². The SMILES string of the molecule is Cc1ccc(N(c2c(C)cc(-c3ccccc3)cc2-c2ccccc2)c2ccc(-c3ccccc3-n3c4ccccc4c4ccccc43)c3oc4ccccc4c23)cc1. The molecule has 0 atom stereocenters. The summed E-state index contributed by atoms with van der Waals surface area (Å²) in [5.41, 5.74) is 17.6. The van der Waals surface area contributed by atoms with Gasteiger partial charge in [-0.2, -0.15) is 0 Å². The minimum absolute atomic E-state index is 0.855. The molecular weight excluding hydrogens is 717 g/mol. The van der Waals surface area contributed by atoms with Crippen LogP contribution in [-0.4, -0.2) is 4.57 Å². The smallest absolute Gasteiger partial charge is 0.145 e. The number of nitrogens with zero attached hydrogens (tertiary/aromatic N) is 2. The Morgan fingerprint density at radius 1 is 0.441 bits per heavy atom. The van der Waals surface area contributed by atoms with Crippen LogP contribution in [0.4, 0.5) is 17.1 Å². The molecule has 9 aromatic carbocycles. The lowest BCUT2D eigenvalue weighted by Gasteiger charge is -2.31. The number of benzene rings is 9. The summed E-state index contributed by atoms with van der Waals surface area (Å²) in [7, 11) is 0. The van der Waals surface area contributed by atoms with E-state index in [2.05, 4.69) is 230 Å². The van der Waals surface area contributed by atoms with Crippen molar-refractivity contribution in [2.24, 2.45) is 0 Å². The van der Waals surface area contributed by atoms with Crippen molar-refractivity contribution in [2.45, 2.75) is 13.8 Å². The molecule has 0 amide bonds. The van der Waals surface area contributed by atoms with Gasteiger partial charge in [-0.25, -0.2) is 0 Å². The van der Waals surface area contributed by atoms with Crippen LogP contribution < -0.4 is 4.90 Å². The summed E-state index contributed by atoms with van der Waals surface area (Å²) in [6.07, 6.45) is 0. The number of aryl methyl sites for hydroxylation is 2. The summed E-state index contributed by atoms with van der Waals surface area (Å²) in [5, 5.41) is 4.62. The van der Waals surface area contributed by atoms with Crippen LogP contribution >= 0.6 is 0 Å². The second-order valence-electron chi connectivity index (χ2n) is 15.4. The molecule has 0 saturated heterocycles. The maximum Gasteiger partial charge on any atom is 0.145 e. The van der Waals surface area contributed by atoms with Gasteiger partial charge in [0.15, 0.2) is 0 Å². The quantitative estimate of drug-likeness (QED) is 0.161. The molecule has 11 aromatic rings. The Labute approximate surface area is 343 Å². The van der Waals surface area contributed by atoms with Crippen LogP contribution in [0.1, 0.15) is 11.1 Å². The first-order valence-corrected chi connectivity index (χ1v) is 20.3. The Kier molecular flexibility index (Phi) is 8.27. The molecule has 280 valence electrons. The molecule has 0 aliphatic carbocycles. The van der Waals surface area contributed by atoms with Gasteiger partial charge in [0.05, 0.1) is 33.5 Å². The van der Waals surface area contributed by atoms with Crippen molar-refractivity contribution >= 4 is 60.8 Å². The fraction of sp³-hybridized carbons (Fsp3) is 0.0357. The number of aromatic nitrogens is 1. The highest BCUT2D eigenvalue weighted by Crippen LogP contribution is 2.50. The molecule has 0 aliphatic rings. The Hall–Kier alpha value is -7.62. The summed E-state index contributed by atoms with van der Waals surface area (Å²) < 4.78 is 9.46. The predicted molar refractivity (Wildman–Crippen MR) is 249 cm³/mol. The summed E-state index contributed by atoms with van der Waals surface area (Å²) in [5.74, 6) is 0. The van der Waals surface area contributed by atoms with Crippen molar-refractivity contribution in [1.82, 2.24) is 4.57 Å². The monoisotopic (exact) mass is 756 g/mol. The van der Waals surface area contributed by atoms with E-state index in [1.165, 1.54) is 44.1 Å². The molecule has 2 aromatic heterocycles. The van der Waals surface area contributed by atoms with Gasteiger partial charge < -0.3 is 13.9 Å². The number of fused-ring (bicyclic) bond motifs is 6. The number of para-hydroxylation sites is 4. The molecule has 0 N–H and O–H groups in total. The zero-order chi connectivity index (χ0) is 39.5. The van der Waals surface area contributed by atoms with Gasteiger partial charge >= 0.3 is 0 Å². The molecule has 0 spiro atoms.